The van der Waals surface area contributed by atoms with Crippen LogP contribution in [0.15, 0.2) is 17.5 Å². The van der Waals surface area contributed by atoms with Crippen molar-refractivity contribution in [1.82, 2.24) is 10.2 Å². The van der Waals surface area contributed by atoms with Gasteiger partial charge in [-0.25, -0.2) is 0 Å². The third-order valence-electron chi connectivity index (χ3n) is 2.11. The molecular weight excluding hydrogens is 232 g/mol. The van der Waals surface area contributed by atoms with E-state index in [0.717, 1.165) is 0 Å². The van der Waals surface area contributed by atoms with Crippen molar-refractivity contribution < 1.29 is 4.79 Å². The SMILES string of the molecule is CN(C)C(CNC(=O)CCl)c1cccs1. The lowest BCUT2D eigenvalue weighted by atomic mass is 10.2. The van der Waals surface area contributed by atoms with Crippen LogP contribution in [0, 0.1) is 0 Å². The van der Waals surface area contributed by atoms with E-state index in [9.17, 15) is 4.79 Å². The summed E-state index contributed by atoms with van der Waals surface area (Å²) in [5.41, 5.74) is 0. The summed E-state index contributed by atoms with van der Waals surface area (Å²) in [6.07, 6.45) is 0. The maximum absolute atomic E-state index is 11.1. The first-order chi connectivity index (χ1) is 7.15. The quantitative estimate of drug-likeness (QED) is 0.803. The molecule has 84 valence electrons. The molecule has 1 aromatic heterocycles. The van der Waals surface area contributed by atoms with Crippen molar-refractivity contribution in [3.8, 4) is 0 Å². The van der Waals surface area contributed by atoms with Gasteiger partial charge in [0.1, 0.15) is 5.88 Å². The molecule has 1 rings (SSSR count). The molecule has 0 radical (unpaired) electrons. The molecule has 0 bridgehead atoms. The molecule has 1 amide bonds. The molecule has 0 saturated carbocycles. The van der Waals surface area contributed by atoms with Gasteiger partial charge in [0.15, 0.2) is 0 Å². The van der Waals surface area contributed by atoms with Gasteiger partial charge in [-0.1, -0.05) is 6.07 Å². The number of amides is 1. The van der Waals surface area contributed by atoms with Gasteiger partial charge in [-0.2, -0.15) is 0 Å². The van der Waals surface area contributed by atoms with Crippen LogP contribution in [-0.4, -0.2) is 37.3 Å². The number of nitrogens with one attached hydrogen (secondary N) is 1. The Bertz CT molecular complexity index is 300. The Labute approximate surface area is 99.0 Å². The molecule has 0 aliphatic heterocycles. The molecular formula is C10H15ClN2OS. The van der Waals surface area contributed by atoms with Gasteiger partial charge in [-0.15, -0.1) is 22.9 Å². The molecule has 0 fully saturated rings. The number of hydrogen-bond donors (Lipinski definition) is 1. The number of rotatable bonds is 5. The number of carbonyl (C=O) groups is 1. The minimum absolute atomic E-state index is 0.0184. The lowest BCUT2D eigenvalue weighted by Gasteiger charge is -2.23. The van der Waals surface area contributed by atoms with Crippen molar-refractivity contribution in [2.75, 3.05) is 26.5 Å². The number of carbonyl (C=O) groups excluding carboxylic acids is 1. The number of likely N-dealkylation sites (N-methyl/N-ethyl adjacent to an activating group) is 1. The fourth-order valence-corrected chi connectivity index (χ4v) is 2.29. The Morgan fingerprint density at radius 2 is 2.40 bits per heavy atom. The van der Waals surface area contributed by atoms with Crippen molar-refractivity contribution in [1.29, 1.82) is 0 Å². The van der Waals surface area contributed by atoms with Crippen molar-refractivity contribution >= 4 is 28.8 Å². The van der Waals surface area contributed by atoms with Crippen molar-refractivity contribution in [3.05, 3.63) is 22.4 Å². The van der Waals surface area contributed by atoms with Gasteiger partial charge in [0.2, 0.25) is 5.91 Å². The molecule has 5 heteroatoms. The van der Waals surface area contributed by atoms with Crippen molar-refractivity contribution in [2.45, 2.75) is 6.04 Å². The Hall–Kier alpha value is -0.580. The summed E-state index contributed by atoms with van der Waals surface area (Å²) in [5, 5.41) is 4.83. The molecule has 0 aliphatic rings. The van der Waals surface area contributed by atoms with E-state index in [0.29, 0.717) is 6.54 Å². The maximum atomic E-state index is 11.1. The van der Waals surface area contributed by atoms with E-state index in [1.54, 1.807) is 11.3 Å². The Balaban J connectivity index is 2.56. The summed E-state index contributed by atoms with van der Waals surface area (Å²) in [4.78, 5) is 14.4. The Morgan fingerprint density at radius 1 is 1.67 bits per heavy atom. The molecule has 0 spiro atoms. The highest BCUT2D eigenvalue weighted by Gasteiger charge is 2.15. The summed E-state index contributed by atoms with van der Waals surface area (Å²) in [6, 6.07) is 4.30. The largest absolute Gasteiger partial charge is 0.353 e. The van der Waals surface area contributed by atoms with Crippen LogP contribution in [0.2, 0.25) is 0 Å². The second kappa shape index (κ2) is 6.10. The average Bonchev–Trinajstić information content (AvgIpc) is 2.70. The lowest BCUT2D eigenvalue weighted by Crippen LogP contribution is -2.34. The lowest BCUT2D eigenvalue weighted by molar-refractivity contribution is -0.118. The smallest absolute Gasteiger partial charge is 0.234 e. The average molecular weight is 247 g/mol. The van der Waals surface area contributed by atoms with Gasteiger partial charge in [0, 0.05) is 11.4 Å². The van der Waals surface area contributed by atoms with Crippen molar-refractivity contribution in [3.63, 3.8) is 0 Å². The van der Waals surface area contributed by atoms with E-state index in [1.165, 1.54) is 4.88 Å². The van der Waals surface area contributed by atoms with Gasteiger partial charge in [-0.3, -0.25) is 4.79 Å². The van der Waals surface area contributed by atoms with Crippen LogP contribution >= 0.6 is 22.9 Å². The molecule has 1 unspecified atom stereocenters. The highest BCUT2D eigenvalue weighted by atomic mass is 35.5. The third kappa shape index (κ3) is 3.81. The summed E-state index contributed by atoms with van der Waals surface area (Å²) >= 11 is 7.11. The van der Waals surface area contributed by atoms with Gasteiger partial charge >= 0.3 is 0 Å². The number of thiophene rings is 1. The zero-order valence-electron chi connectivity index (χ0n) is 8.87. The van der Waals surface area contributed by atoms with Crippen molar-refractivity contribution in [2.24, 2.45) is 0 Å². The van der Waals surface area contributed by atoms with E-state index >= 15 is 0 Å². The monoisotopic (exact) mass is 246 g/mol. The van der Waals surface area contributed by atoms with Crippen LogP contribution in [-0.2, 0) is 4.79 Å². The Kier molecular flexibility index (Phi) is 5.08. The minimum Gasteiger partial charge on any atom is -0.353 e. The zero-order chi connectivity index (χ0) is 11.3. The van der Waals surface area contributed by atoms with Crippen LogP contribution < -0.4 is 5.32 Å². The second-order valence-corrected chi connectivity index (χ2v) is 4.68. The molecule has 3 nitrogen and oxygen atoms in total. The standard InChI is InChI=1S/C10H15ClN2OS/c1-13(2)8(7-12-10(14)6-11)9-4-3-5-15-9/h3-5,8H,6-7H2,1-2H3,(H,12,14). The van der Waals surface area contributed by atoms with E-state index in [4.69, 9.17) is 11.6 Å². The third-order valence-corrected chi connectivity index (χ3v) is 3.33. The molecule has 1 aromatic rings. The predicted octanol–water partition coefficient (Wildman–Crippen LogP) is 1.71. The van der Waals surface area contributed by atoms with E-state index in [1.807, 2.05) is 25.5 Å². The Morgan fingerprint density at radius 3 is 2.87 bits per heavy atom. The number of alkyl halides is 1. The van der Waals surface area contributed by atoms with Gasteiger partial charge < -0.3 is 10.2 Å². The van der Waals surface area contributed by atoms with Crippen LogP contribution in [0.25, 0.3) is 0 Å². The van der Waals surface area contributed by atoms with Gasteiger partial charge in [0.05, 0.1) is 6.04 Å². The molecule has 0 aromatic carbocycles. The predicted molar refractivity (Wildman–Crippen MR) is 64.5 cm³/mol. The second-order valence-electron chi connectivity index (χ2n) is 3.43. The van der Waals surface area contributed by atoms with E-state index in [-0.39, 0.29) is 17.8 Å². The molecule has 1 atom stereocenters. The molecule has 0 aliphatic carbocycles. The van der Waals surface area contributed by atoms with Crippen LogP contribution in [0.4, 0.5) is 0 Å². The van der Waals surface area contributed by atoms with E-state index in [2.05, 4.69) is 16.3 Å². The molecule has 0 saturated heterocycles. The first-order valence-electron chi connectivity index (χ1n) is 4.67. The van der Waals surface area contributed by atoms with Crippen LogP contribution in [0.3, 0.4) is 0 Å². The fourth-order valence-electron chi connectivity index (χ4n) is 1.28. The highest BCUT2D eigenvalue weighted by Crippen LogP contribution is 2.22. The molecule has 15 heavy (non-hydrogen) atoms. The zero-order valence-corrected chi connectivity index (χ0v) is 10.4. The van der Waals surface area contributed by atoms with Crippen LogP contribution in [0.1, 0.15) is 10.9 Å². The minimum atomic E-state index is -0.125. The fraction of sp³-hybridized carbons (Fsp3) is 0.500. The summed E-state index contributed by atoms with van der Waals surface area (Å²) in [7, 11) is 3.99. The normalized spacial score (nSPS) is 12.8. The summed E-state index contributed by atoms with van der Waals surface area (Å²) in [5.74, 6) is -0.106. The van der Waals surface area contributed by atoms with Crippen LogP contribution in [0.5, 0.6) is 0 Å². The maximum Gasteiger partial charge on any atom is 0.234 e. The number of nitrogens with zero attached hydrogens (tertiary/aromatic N) is 1. The topological polar surface area (TPSA) is 32.3 Å². The number of hydrogen-bond acceptors (Lipinski definition) is 3. The van der Waals surface area contributed by atoms with E-state index < -0.39 is 0 Å². The molecule has 1 N–H and O–H groups in total. The first-order valence-corrected chi connectivity index (χ1v) is 6.09. The summed E-state index contributed by atoms with van der Waals surface area (Å²) in [6.45, 7) is 0.596. The molecule has 1 heterocycles. The van der Waals surface area contributed by atoms with Gasteiger partial charge in [0.25, 0.3) is 0 Å². The highest BCUT2D eigenvalue weighted by molar-refractivity contribution is 7.10. The van der Waals surface area contributed by atoms with Gasteiger partial charge in [-0.05, 0) is 25.5 Å². The number of halogens is 1. The first kappa shape index (κ1) is 12.5. The summed E-state index contributed by atoms with van der Waals surface area (Å²) < 4.78 is 0.